The molecule has 0 saturated carbocycles. The van der Waals surface area contributed by atoms with Gasteiger partial charge in [0, 0.05) is 0 Å². The molecule has 0 amide bonds. The summed E-state index contributed by atoms with van der Waals surface area (Å²) in [4.78, 5) is 0. The number of rotatable bonds is 4. The zero-order chi connectivity index (χ0) is 11.5. The van der Waals surface area contributed by atoms with Crippen molar-refractivity contribution in [3.8, 4) is 0 Å². The fraction of sp³-hybridized carbons (Fsp3) is 0.455. The highest BCUT2D eigenvalue weighted by molar-refractivity contribution is 5.67. The molecular weight excluding hydrogens is 195 g/mol. The highest BCUT2D eigenvalue weighted by Crippen LogP contribution is 2.25. The fourth-order valence-electron chi connectivity index (χ4n) is 1.21. The van der Waals surface area contributed by atoms with Crippen LogP contribution in [0.3, 0.4) is 0 Å². The Balaban J connectivity index is 2.94. The lowest BCUT2D eigenvalue weighted by atomic mass is 9.99. The summed E-state index contributed by atoms with van der Waals surface area (Å²) >= 11 is 0. The third-order valence-electron chi connectivity index (χ3n) is 2.62. The van der Waals surface area contributed by atoms with E-state index < -0.39 is 11.4 Å². The smallest absolute Gasteiger partial charge is 0.148 e. The van der Waals surface area contributed by atoms with E-state index in [-0.39, 0.29) is 12.3 Å². The van der Waals surface area contributed by atoms with E-state index in [4.69, 9.17) is 5.73 Å². The second kappa shape index (κ2) is 4.49. The zero-order valence-corrected chi connectivity index (χ0v) is 9.05. The molecule has 1 unspecified atom stereocenters. The van der Waals surface area contributed by atoms with Crippen LogP contribution >= 0.6 is 0 Å². The number of anilines is 2. The molecule has 0 aromatic heterocycles. The van der Waals surface area contributed by atoms with Gasteiger partial charge in [-0.3, -0.25) is 0 Å². The molecule has 1 aromatic rings. The van der Waals surface area contributed by atoms with Gasteiger partial charge in [-0.15, -0.1) is 0 Å². The summed E-state index contributed by atoms with van der Waals surface area (Å²) in [6, 6.07) is 4.59. The molecule has 1 aromatic carbocycles. The third kappa shape index (κ3) is 2.59. The molecule has 1 atom stereocenters. The number of nitrogens with two attached hydrogens (primary N) is 1. The molecule has 0 saturated heterocycles. The Labute approximate surface area is 89.1 Å². The zero-order valence-electron chi connectivity index (χ0n) is 9.05. The average Bonchev–Trinajstić information content (AvgIpc) is 2.25. The predicted molar refractivity (Wildman–Crippen MR) is 60.2 cm³/mol. The molecular formula is C11H17FN2O. The van der Waals surface area contributed by atoms with Gasteiger partial charge < -0.3 is 16.2 Å². The molecule has 0 fully saturated rings. The van der Waals surface area contributed by atoms with E-state index in [1.807, 2.05) is 13.8 Å². The first-order valence-electron chi connectivity index (χ1n) is 4.95. The van der Waals surface area contributed by atoms with Gasteiger partial charge in [0.2, 0.25) is 0 Å². The Kier molecular flexibility index (Phi) is 3.52. The van der Waals surface area contributed by atoms with Crippen molar-refractivity contribution >= 4 is 11.4 Å². The minimum Gasteiger partial charge on any atom is -0.395 e. The number of benzene rings is 1. The number of aliphatic hydroxyl groups excluding tert-OH is 1. The maximum Gasteiger partial charge on any atom is 0.148 e. The van der Waals surface area contributed by atoms with Crippen LogP contribution in [-0.4, -0.2) is 17.3 Å². The highest BCUT2D eigenvalue weighted by Gasteiger charge is 2.21. The lowest BCUT2D eigenvalue weighted by Gasteiger charge is -2.29. The Bertz CT molecular complexity index is 337. The standard InChI is InChI=1S/C11H17FN2O/c1-3-11(2,7-15)14-9-6-4-5-8(12)10(9)13/h4-6,14-15H,3,7,13H2,1-2H3. The van der Waals surface area contributed by atoms with Crippen LogP contribution in [0.25, 0.3) is 0 Å². The first-order valence-corrected chi connectivity index (χ1v) is 4.95. The second-order valence-electron chi connectivity index (χ2n) is 3.90. The SMILES string of the molecule is CCC(C)(CO)Nc1cccc(F)c1N. The van der Waals surface area contributed by atoms with Crippen molar-refractivity contribution in [2.75, 3.05) is 17.7 Å². The Morgan fingerprint density at radius 1 is 1.53 bits per heavy atom. The second-order valence-corrected chi connectivity index (χ2v) is 3.90. The Morgan fingerprint density at radius 2 is 2.20 bits per heavy atom. The number of hydrogen-bond donors (Lipinski definition) is 3. The summed E-state index contributed by atoms with van der Waals surface area (Å²) < 4.78 is 13.1. The average molecular weight is 212 g/mol. The molecule has 0 bridgehead atoms. The summed E-state index contributed by atoms with van der Waals surface area (Å²) in [5.41, 5.74) is 5.72. The number of aliphatic hydroxyl groups is 1. The van der Waals surface area contributed by atoms with Gasteiger partial charge in [-0.05, 0) is 25.5 Å². The summed E-state index contributed by atoms with van der Waals surface area (Å²) in [6.07, 6.45) is 0.722. The Morgan fingerprint density at radius 3 is 2.73 bits per heavy atom. The fourth-order valence-corrected chi connectivity index (χ4v) is 1.21. The summed E-state index contributed by atoms with van der Waals surface area (Å²) in [6.45, 7) is 3.77. The molecule has 1 rings (SSSR count). The van der Waals surface area contributed by atoms with Gasteiger partial charge in [-0.2, -0.15) is 0 Å². The molecule has 4 N–H and O–H groups in total. The molecule has 0 heterocycles. The lowest BCUT2D eigenvalue weighted by molar-refractivity contribution is 0.219. The molecule has 0 aliphatic carbocycles. The van der Waals surface area contributed by atoms with Gasteiger partial charge in [0.05, 0.1) is 23.5 Å². The van der Waals surface area contributed by atoms with Crippen LogP contribution in [0.5, 0.6) is 0 Å². The van der Waals surface area contributed by atoms with Crippen molar-refractivity contribution < 1.29 is 9.50 Å². The van der Waals surface area contributed by atoms with Crippen LogP contribution in [0.2, 0.25) is 0 Å². The Hall–Kier alpha value is -1.29. The quantitative estimate of drug-likeness (QED) is 0.669. The maximum atomic E-state index is 13.1. The normalized spacial score (nSPS) is 14.7. The molecule has 0 radical (unpaired) electrons. The van der Waals surface area contributed by atoms with Crippen molar-refractivity contribution in [1.29, 1.82) is 0 Å². The third-order valence-corrected chi connectivity index (χ3v) is 2.62. The van der Waals surface area contributed by atoms with Crippen molar-refractivity contribution in [2.45, 2.75) is 25.8 Å². The molecule has 0 aliphatic rings. The summed E-state index contributed by atoms with van der Waals surface area (Å²) in [5, 5.41) is 12.3. The van der Waals surface area contributed by atoms with Crippen LogP contribution < -0.4 is 11.1 Å². The van der Waals surface area contributed by atoms with Gasteiger partial charge in [0.25, 0.3) is 0 Å². The van der Waals surface area contributed by atoms with E-state index in [0.29, 0.717) is 5.69 Å². The highest BCUT2D eigenvalue weighted by atomic mass is 19.1. The van der Waals surface area contributed by atoms with Gasteiger partial charge in [-0.1, -0.05) is 13.0 Å². The van der Waals surface area contributed by atoms with Crippen LogP contribution in [0.1, 0.15) is 20.3 Å². The van der Waals surface area contributed by atoms with Crippen molar-refractivity contribution in [2.24, 2.45) is 0 Å². The largest absolute Gasteiger partial charge is 0.395 e. The number of nitrogen functional groups attached to an aromatic ring is 1. The van der Waals surface area contributed by atoms with E-state index in [0.717, 1.165) is 6.42 Å². The molecule has 4 heteroatoms. The predicted octanol–water partition coefficient (Wildman–Crippen LogP) is 1.98. The molecule has 3 nitrogen and oxygen atoms in total. The number of hydrogen-bond acceptors (Lipinski definition) is 3. The van der Waals surface area contributed by atoms with Crippen molar-refractivity contribution in [3.63, 3.8) is 0 Å². The first kappa shape index (κ1) is 11.8. The van der Waals surface area contributed by atoms with Crippen molar-refractivity contribution in [3.05, 3.63) is 24.0 Å². The van der Waals surface area contributed by atoms with Crippen LogP contribution in [-0.2, 0) is 0 Å². The van der Waals surface area contributed by atoms with Gasteiger partial charge in [-0.25, -0.2) is 4.39 Å². The van der Waals surface area contributed by atoms with Crippen LogP contribution in [0.4, 0.5) is 15.8 Å². The summed E-state index contributed by atoms with van der Waals surface area (Å²) in [7, 11) is 0. The number of halogens is 1. The molecule has 0 aliphatic heterocycles. The van der Waals surface area contributed by atoms with E-state index in [1.54, 1.807) is 12.1 Å². The van der Waals surface area contributed by atoms with Crippen LogP contribution in [0.15, 0.2) is 18.2 Å². The summed E-state index contributed by atoms with van der Waals surface area (Å²) in [5.74, 6) is -0.448. The van der Waals surface area contributed by atoms with E-state index >= 15 is 0 Å². The number of nitrogens with one attached hydrogen (secondary N) is 1. The minimum absolute atomic E-state index is 0.0283. The minimum atomic E-state index is -0.470. The topological polar surface area (TPSA) is 58.3 Å². The molecule has 0 spiro atoms. The van der Waals surface area contributed by atoms with Crippen LogP contribution in [0, 0.1) is 5.82 Å². The number of para-hydroxylation sites is 1. The molecule has 15 heavy (non-hydrogen) atoms. The van der Waals surface area contributed by atoms with Gasteiger partial charge in [0.1, 0.15) is 5.82 Å². The van der Waals surface area contributed by atoms with E-state index in [9.17, 15) is 9.50 Å². The first-order chi connectivity index (χ1) is 7.02. The van der Waals surface area contributed by atoms with E-state index in [2.05, 4.69) is 5.32 Å². The van der Waals surface area contributed by atoms with Crippen molar-refractivity contribution in [1.82, 2.24) is 0 Å². The van der Waals surface area contributed by atoms with E-state index in [1.165, 1.54) is 6.07 Å². The lowest BCUT2D eigenvalue weighted by Crippen LogP contribution is -2.38. The monoisotopic (exact) mass is 212 g/mol. The molecule has 84 valence electrons. The maximum absolute atomic E-state index is 13.1. The van der Waals surface area contributed by atoms with Gasteiger partial charge >= 0.3 is 0 Å². The van der Waals surface area contributed by atoms with Gasteiger partial charge in [0.15, 0.2) is 0 Å².